The molecule has 1 heterocycles. The molecule has 0 amide bonds. The fourth-order valence-corrected chi connectivity index (χ4v) is 1.58. The maximum Gasteiger partial charge on any atom is 0.218 e. The molecule has 102 valence electrons. The van der Waals surface area contributed by atoms with E-state index in [9.17, 15) is 0 Å². The van der Waals surface area contributed by atoms with Crippen LogP contribution in [0.1, 0.15) is 26.6 Å². The smallest absolute Gasteiger partial charge is 0.218 e. The number of nitrogens with one attached hydrogen (secondary N) is 1. The number of rotatable bonds is 7. The van der Waals surface area contributed by atoms with Crippen molar-refractivity contribution in [3.8, 4) is 5.88 Å². The Morgan fingerprint density at radius 3 is 2.72 bits per heavy atom. The molecule has 0 aliphatic carbocycles. The van der Waals surface area contributed by atoms with Gasteiger partial charge in [0.1, 0.15) is 11.6 Å². The van der Waals surface area contributed by atoms with Crippen LogP contribution in [0.2, 0.25) is 0 Å². The van der Waals surface area contributed by atoms with Gasteiger partial charge in [0.15, 0.2) is 0 Å². The summed E-state index contributed by atoms with van der Waals surface area (Å²) in [4.78, 5) is 10.8. The van der Waals surface area contributed by atoms with Gasteiger partial charge in [-0.2, -0.15) is 4.98 Å². The number of ether oxygens (including phenoxy) is 1. The highest BCUT2D eigenvalue weighted by Crippen LogP contribution is 2.16. The molecule has 18 heavy (non-hydrogen) atoms. The predicted molar refractivity (Wildman–Crippen MR) is 74.3 cm³/mol. The summed E-state index contributed by atoms with van der Waals surface area (Å²) in [5.74, 6) is 2.28. The van der Waals surface area contributed by atoms with Crippen LogP contribution in [0, 0.1) is 6.92 Å². The monoisotopic (exact) mass is 252 g/mol. The lowest BCUT2D eigenvalue weighted by atomic mass is 10.4. The van der Waals surface area contributed by atoms with Crippen molar-refractivity contribution in [2.24, 2.45) is 0 Å². The first-order chi connectivity index (χ1) is 8.52. The van der Waals surface area contributed by atoms with E-state index in [0.717, 1.165) is 24.7 Å². The van der Waals surface area contributed by atoms with E-state index in [1.807, 2.05) is 27.0 Å². The van der Waals surface area contributed by atoms with Gasteiger partial charge < -0.3 is 15.0 Å². The summed E-state index contributed by atoms with van der Waals surface area (Å²) in [6, 6.07) is 2.39. The molecular formula is C13H24N4O. The highest BCUT2D eigenvalue weighted by Gasteiger charge is 2.07. The summed E-state index contributed by atoms with van der Waals surface area (Å²) in [6.45, 7) is 10.6. The van der Waals surface area contributed by atoms with Gasteiger partial charge in [-0.3, -0.25) is 0 Å². The van der Waals surface area contributed by atoms with Crippen LogP contribution in [-0.4, -0.2) is 42.8 Å². The predicted octanol–water partition coefficient (Wildman–Crippen LogP) is 1.62. The molecule has 0 radical (unpaired) electrons. The van der Waals surface area contributed by atoms with E-state index in [1.54, 1.807) is 0 Å². The number of nitrogens with zero attached hydrogens (tertiary/aromatic N) is 3. The lowest BCUT2D eigenvalue weighted by molar-refractivity contribution is 0.325. The van der Waals surface area contributed by atoms with Crippen LogP contribution in [0.3, 0.4) is 0 Å². The summed E-state index contributed by atoms with van der Waals surface area (Å²) >= 11 is 0. The Bertz CT molecular complexity index is 368. The zero-order chi connectivity index (χ0) is 13.5. The molecule has 1 aromatic heterocycles. The Balaban J connectivity index is 2.63. The van der Waals surface area contributed by atoms with E-state index in [2.05, 4.69) is 34.0 Å². The third-order valence-corrected chi connectivity index (χ3v) is 2.48. The first-order valence-electron chi connectivity index (χ1n) is 6.46. The van der Waals surface area contributed by atoms with E-state index < -0.39 is 0 Å². The number of aromatic nitrogens is 2. The molecule has 0 saturated heterocycles. The second-order valence-electron chi connectivity index (χ2n) is 4.57. The average Bonchev–Trinajstić information content (AvgIpc) is 2.28. The Hall–Kier alpha value is -1.36. The minimum Gasteiger partial charge on any atom is -0.478 e. The maximum atomic E-state index is 5.43. The summed E-state index contributed by atoms with van der Waals surface area (Å²) in [5.41, 5.74) is 0. The standard InChI is InChI=1S/C13H24N4O/c1-6-18-13-9-12(15-11(4)16-13)17(5)8-7-14-10(2)3/h9-10,14H,6-8H2,1-5H3. The van der Waals surface area contributed by atoms with E-state index >= 15 is 0 Å². The number of anilines is 1. The topological polar surface area (TPSA) is 50.3 Å². The normalized spacial score (nSPS) is 10.8. The van der Waals surface area contributed by atoms with Crippen molar-refractivity contribution in [2.75, 3.05) is 31.6 Å². The van der Waals surface area contributed by atoms with Gasteiger partial charge in [-0.15, -0.1) is 0 Å². The van der Waals surface area contributed by atoms with Crippen molar-refractivity contribution in [3.05, 3.63) is 11.9 Å². The number of aryl methyl sites for hydroxylation is 1. The maximum absolute atomic E-state index is 5.43. The second-order valence-corrected chi connectivity index (χ2v) is 4.57. The quantitative estimate of drug-likeness (QED) is 0.799. The number of likely N-dealkylation sites (N-methyl/N-ethyl adjacent to an activating group) is 1. The summed E-state index contributed by atoms with van der Waals surface area (Å²) < 4.78 is 5.43. The Morgan fingerprint density at radius 2 is 2.11 bits per heavy atom. The minimum absolute atomic E-state index is 0.504. The van der Waals surface area contributed by atoms with Crippen LogP contribution < -0.4 is 15.0 Å². The highest BCUT2D eigenvalue weighted by atomic mass is 16.5. The molecule has 0 aromatic carbocycles. The van der Waals surface area contributed by atoms with Crippen molar-refractivity contribution in [1.82, 2.24) is 15.3 Å². The van der Waals surface area contributed by atoms with Crippen molar-refractivity contribution in [1.29, 1.82) is 0 Å². The molecule has 5 heteroatoms. The molecule has 0 unspecified atom stereocenters. The van der Waals surface area contributed by atoms with E-state index in [-0.39, 0.29) is 0 Å². The summed E-state index contributed by atoms with van der Waals surface area (Å²) in [6.07, 6.45) is 0. The average molecular weight is 252 g/mol. The van der Waals surface area contributed by atoms with Crippen LogP contribution in [0.5, 0.6) is 5.88 Å². The van der Waals surface area contributed by atoms with Crippen molar-refractivity contribution >= 4 is 5.82 Å². The largest absolute Gasteiger partial charge is 0.478 e. The van der Waals surface area contributed by atoms with Crippen LogP contribution in [0.15, 0.2) is 6.07 Å². The van der Waals surface area contributed by atoms with E-state index in [1.165, 1.54) is 0 Å². The molecule has 1 aromatic rings. The SMILES string of the molecule is CCOc1cc(N(C)CCNC(C)C)nc(C)n1. The molecule has 0 aliphatic rings. The first kappa shape index (κ1) is 14.7. The zero-order valence-electron chi connectivity index (χ0n) is 12.0. The third kappa shape index (κ3) is 4.87. The molecule has 1 rings (SSSR count). The zero-order valence-corrected chi connectivity index (χ0v) is 12.0. The molecule has 5 nitrogen and oxygen atoms in total. The van der Waals surface area contributed by atoms with Crippen LogP contribution in [0.25, 0.3) is 0 Å². The van der Waals surface area contributed by atoms with E-state index in [0.29, 0.717) is 18.5 Å². The molecule has 0 saturated carbocycles. The van der Waals surface area contributed by atoms with Gasteiger partial charge in [-0.1, -0.05) is 13.8 Å². The lowest BCUT2D eigenvalue weighted by Crippen LogP contribution is -2.33. The summed E-state index contributed by atoms with van der Waals surface area (Å²) in [7, 11) is 2.03. The molecule has 0 bridgehead atoms. The van der Waals surface area contributed by atoms with Crippen LogP contribution >= 0.6 is 0 Å². The minimum atomic E-state index is 0.504. The van der Waals surface area contributed by atoms with Gasteiger partial charge in [0.05, 0.1) is 6.61 Å². The molecule has 0 fully saturated rings. The second kappa shape index (κ2) is 7.16. The number of hydrogen-bond donors (Lipinski definition) is 1. The Labute approximate surface area is 110 Å². The van der Waals surface area contributed by atoms with Crippen molar-refractivity contribution in [3.63, 3.8) is 0 Å². The van der Waals surface area contributed by atoms with Gasteiger partial charge in [-0.25, -0.2) is 4.98 Å². The third-order valence-electron chi connectivity index (χ3n) is 2.48. The fourth-order valence-electron chi connectivity index (χ4n) is 1.58. The Kier molecular flexibility index (Phi) is 5.85. The Morgan fingerprint density at radius 1 is 1.39 bits per heavy atom. The highest BCUT2D eigenvalue weighted by molar-refractivity contribution is 5.40. The van der Waals surface area contributed by atoms with Gasteiger partial charge in [0.25, 0.3) is 0 Å². The molecule has 0 atom stereocenters. The van der Waals surface area contributed by atoms with Gasteiger partial charge >= 0.3 is 0 Å². The lowest BCUT2D eigenvalue weighted by Gasteiger charge is -2.20. The van der Waals surface area contributed by atoms with E-state index in [4.69, 9.17) is 4.74 Å². The first-order valence-corrected chi connectivity index (χ1v) is 6.46. The van der Waals surface area contributed by atoms with Gasteiger partial charge in [-0.05, 0) is 13.8 Å². The van der Waals surface area contributed by atoms with Gasteiger partial charge in [0, 0.05) is 32.2 Å². The van der Waals surface area contributed by atoms with Gasteiger partial charge in [0.2, 0.25) is 5.88 Å². The van der Waals surface area contributed by atoms with Crippen molar-refractivity contribution in [2.45, 2.75) is 33.7 Å². The summed E-state index contributed by atoms with van der Waals surface area (Å²) in [5, 5.41) is 3.38. The number of hydrogen-bond acceptors (Lipinski definition) is 5. The van der Waals surface area contributed by atoms with Crippen molar-refractivity contribution < 1.29 is 4.74 Å². The molecule has 0 aliphatic heterocycles. The fraction of sp³-hybridized carbons (Fsp3) is 0.692. The molecule has 1 N–H and O–H groups in total. The molecular weight excluding hydrogens is 228 g/mol. The molecule has 0 spiro atoms. The van der Waals surface area contributed by atoms with Crippen LogP contribution in [0.4, 0.5) is 5.82 Å². The van der Waals surface area contributed by atoms with Crippen LogP contribution in [-0.2, 0) is 0 Å².